The van der Waals surface area contributed by atoms with Crippen molar-refractivity contribution in [2.24, 2.45) is 0 Å². The van der Waals surface area contributed by atoms with Crippen molar-refractivity contribution in [2.75, 3.05) is 7.11 Å². The van der Waals surface area contributed by atoms with Crippen LogP contribution in [0.25, 0.3) is 0 Å². The van der Waals surface area contributed by atoms with Crippen LogP contribution in [-0.2, 0) is 17.6 Å². The van der Waals surface area contributed by atoms with Crippen molar-refractivity contribution in [3.8, 4) is 5.75 Å². The van der Waals surface area contributed by atoms with Crippen molar-refractivity contribution in [3.05, 3.63) is 53.6 Å². The summed E-state index contributed by atoms with van der Waals surface area (Å²) in [6.07, 6.45) is 3.56. The molecule has 0 atom stereocenters. The summed E-state index contributed by atoms with van der Waals surface area (Å²) in [6.45, 7) is 5.70. The van der Waals surface area contributed by atoms with Crippen LogP contribution < -0.4 is 10.1 Å². The minimum Gasteiger partial charge on any atom is -0.495 e. The average Bonchev–Trinajstić information content (AvgIpc) is 2.54. The van der Waals surface area contributed by atoms with Crippen LogP contribution in [0.1, 0.15) is 42.5 Å². The number of Topliss-reactive ketones (excluding diaryl/α,β-unsaturated/α-hetero) is 1. The normalized spacial score (nSPS) is 11.0. The molecule has 6 nitrogen and oxygen atoms in total. The molecule has 0 fully saturated rings. The molecule has 2 aromatic rings. The molecule has 0 unspecified atom stereocenters. The second kappa shape index (κ2) is 7.88. The number of pyridine rings is 2. The molecule has 0 aliphatic rings. The Hall–Kier alpha value is -2.76. The quantitative estimate of drug-likeness (QED) is 0.872. The molecule has 25 heavy (non-hydrogen) atoms. The Bertz CT molecular complexity index is 767. The number of aromatic nitrogens is 2. The topological polar surface area (TPSA) is 81.2 Å². The zero-order chi connectivity index (χ0) is 18.4. The number of nitrogens with zero attached hydrogens (tertiary/aromatic N) is 2. The van der Waals surface area contributed by atoms with E-state index in [2.05, 4.69) is 15.3 Å². The van der Waals surface area contributed by atoms with Crippen molar-refractivity contribution < 1.29 is 14.3 Å². The van der Waals surface area contributed by atoms with Gasteiger partial charge in [-0.3, -0.25) is 19.6 Å². The second-order valence-electron chi connectivity index (χ2n) is 6.80. The van der Waals surface area contributed by atoms with Crippen LogP contribution in [0.5, 0.6) is 5.75 Å². The zero-order valence-electron chi connectivity index (χ0n) is 15.0. The first-order chi connectivity index (χ1) is 11.8. The number of rotatable bonds is 6. The summed E-state index contributed by atoms with van der Waals surface area (Å²) in [5.41, 5.74) is 1.31. The minimum atomic E-state index is -0.347. The maximum Gasteiger partial charge on any atom is 0.270 e. The Balaban J connectivity index is 2.06. The van der Waals surface area contributed by atoms with Gasteiger partial charge in [-0.1, -0.05) is 0 Å². The van der Waals surface area contributed by atoms with E-state index in [9.17, 15) is 9.59 Å². The largest absolute Gasteiger partial charge is 0.495 e. The molecule has 0 spiro atoms. The highest BCUT2D eigenvalue weighted by molar-refractivity contribution is 5.93. The van der Waals surface area contributed by atoms with Gasteiger partial charge in [0.1, 0.15) is 17.2 Å². The highest BCUT2D eigenvalue weighted by Crippen LogP contribution is 2.16. The van der Waals surface area contributed by atoms with E-state index in [-0.39, 0.29) is 30.1 Å². The van der Waals surface area contributed by atoms with E-state index >= 15 is 0 Å². The maximum atomic E-state index is 12.3. The van der Waals surface area contributed by atoms with Crippen LogP contribution in [0, 0.1) is 0 Å². The Morgan fingerprint density at radius 2 is 1.88 bits per heavy atom. The van der Waals surface area contributed by atoms with Gasteiger partial charge in [0.05, 0.1) is 19.2 Å². The number of hydrogen-bond acceptors (Lipinski definition) is 5. The SMILES string of the molecule is COc1cccnc1CC(=O)Cc1ccnc(C(=O)NC(C)(C)C)c1. The van der Waals surface area contributed by atoms with E-state index in [1.807, 2.05) is 20.8 Å². The van der Waals surface area contributed by atoms with Gasteiger partial charge >= 0.3 is 0 Å². The fourth-order valence-corrected chi connectivity index (χ4v) is 2.33. The number of carbonyl (C=O) groups excluding carboxylic acids is 2. The van der Waals surface area contributed by atoms with Gasteiger partial charge in [0, 0.05) is 24.4 Å². The number of ketones is 1. The van der Waals surface area contributed by atoms with Crippen molar-refractivity contribution in [2.45, 2.75) is 39.2 Å². The van der Waals surface area contributed by atoms with E-state index in [4.69, 9.17) is 4.74 Å². The minimum absolute atomic E-state index is 0.00891. The van der Waals surface area contributed by atoms with Gasteiger partial charge in [0.15, 0.2) is 0 Å². The summed E-state index contributed by atoms with van der Waals surface area (Å²) in [4.78, 5) is 32.8. The third-order valence-corrected chi connectivity index (χ3v) is 3.38. The first-order valence-corrected chi connectivity index (χ1v) is 8.05. The molecule has 0 bridgehead atoms. The highest BCUT2D eigenvalue weighted by Gasteiger charge is 2.17. The third-order valence-electron chi connectivity index (χ3n) is 3.38. The molecular formula is C19H23N3O3. The lowest BCUT2D eigenvalue weighted by Crippen LogP contribution is -2.40. The van der Waals surface area contributed by atoms with Gasteiger partial charge in [0.2, 0.25) is 0 Å². The van der Waals surface area contributed by atoms with Crippen LogP contribution in [0.15, 0.2) is 36.7 Å². The fraction of sp³-hybridized carbons (Fsp3) is 0.368. The number of nitrogens with one attached hydrogen (secondary N) is 1. The van der Waals surface area contributed by atoms with Crippen molar-refractivity contribution in [3.63, 3.8) is 0 Å². The molecule has 0 aliphatic heterocycles. The van der Waals surface area contributed by atoms with Crippen LogP contribution in [0.3, 0.4) is 0 Å². The fourth-order valence-electron chi connectivity index (χ4n) is 2.33. The average molecular weight is 341 g/mol. The van der Waals surface area contributed by atoms with E-state index in [0.29, 0.717) is 17.1 Å². The van der Waals surface area contributed by atoms with Crippen LogP contribution in [0.4, 0.5) is 0 Å². The van der Waals surface area contributed by atoms with E-state index in [0.717, 1.165) is 5.56 Å². The highest BCUT2D eigenvalue weighted by atomic mass is 16.5. The summed E-state index contributed by atoms with van der Waals surface area (Å²) in [7, 11) is 1.55. The Labute approximate surface area is 147 Å². The van der Waals surface area contributed by atoms with Crippen molar-refractivity contribution >= 4 is 11.7 Å². The zero-order valence-corrected chi connectivity index (χ0v) is 15.0. The molecule has 2 aromatic heterocycles. The Kier molecular flexibility index (Phi) is 5.85. The van der Waals surface area contributed by atoms with Gasteiger partial charge in [-0.15, -0.1) is 0 Å². The lowest BCUT2D eigenvalue weighted by molar-refractivity contribution is -0.117. The van der Waals surface area contributed by atoms with Gasteiger partial charge in [-0.25, -0.2) is 0 Å². The van der Waals surface area contributed by atoms with Crippen LogP contribution in [0.2, 0.25) is 0 Å². The molecule has 6 heteroatoms. The number of ether oxygens (including phenoxy) is 1. The third kappa shape index (κ3) is 5.67. The number of amides is 1. The predicted octanol–water partition coefficient (Wildman–Crippen LogP) is 2.37. The number of carbonyl (C=O) groups is 2. The second-order valence-corrected chi connectivity index (χ2v) is 6.80. The van der Waals surface area contributed by atoms with Crippen LogP contribution >= 0.6 is 0 Å². The van der Waals surface area contributed by atoms with Crippen LogP contribution in [-0.4, -0.2) is 34.3 Å². The van der Waals surface area contributed by atoms with E-state index in [1.165, 1.54) is 0 Å². The summed E-state index contributed by atoms with van der Waals surface area (Å²) in [5, 5.41) is 2.86. The first kappa shape index (κ1) is 18.6. The Morgan fingerprint density at radius 3 is 2.56 bits per heavy atom. The molecule has 2 rings (SSSR count). The molecule has 0 aromatic carbocycles. The molecule has 0 radical (unpaired) electrons. The molecular weight excluding hydrogens is 318 g/mol. The van der Waals surface area contributed by atoms with E-state index in [1.54, 1.807) is 43.8 Å². The molecule has 0 saturated heterocycles. The van der Waals surface area contributed by atoms with Gasteiger partial charge in [0.25, 0.3) is 5.91 Å². The summed E-state index contributed by atoms with van der Waals surface area (Å²) in [6, 6.07) is 6.92. The van der Waals surface area contributed by atoms with Crippen molar-refractivity contribution in [1.29, 1.82) is 0 Å². The van der Waals surface area contributed by atoms with Crippen molar-refractivity contribution in [1.82, 2.24) is 15.3 Å². The summed E-state index contributed by atoms with van der Waals surface area (Å²) >= 11 is 0. The standard InChI is InChI=1S/C19H23N3O3/c1-19(2,3)22-18(24)16-11-13(7-9-21-16)10-14(23)12-15-17(25-4)6-5-8-20-15/h5-9,11H,10,12H2,1-4H3,(H,22,24). The molecule has 132 valence electrons. The lowest BCUT2D eigenvalue weighted by atomic mass is 10.0. The molecule has 1 amide bonds. The van der Waals surface area contributed by atoms with E-state index < -0.39 is 0 Å². The smallest absolute Gasteiger partial charge is 0.270 e. The number of hydrogen-bond donors (Lipinski definition) is 1. The first-order valence-electron chi connectivity index (χ1n) is 8.05. The summed E-state index contributed by atoms with van der Waals surface area (Å²) < 4.78 is 5.22. The maximum absolute atomic E-state index is 12.3. The van der Waals surface area contributed by atoms with Gasteiger partial charge < -0.3 is 10.1 Å². The monoisotopic (exact) mass is 341 g/mol. The molecule has 2 heterocycles. The molecule has 1 N–H and O–H groups in total. The Morgan fingerprint density at radius 1 is 1.12 bits per heavy atom. The lowest BCUT2D eigenvalue weighted by Gasteiger charge is -2.20. The predicted molar refractivity (Wildman–Crippen MR) is 94.7 cm³/mol. The molecule has 0 aliphatic carbocycles. The van der Waals surface area contributed by atoms with Gasteiger partial charge in [-0.2, -0.15) is 0 Å². The molecule has 0 saturated carbocycles. The number of methoxy groups -OCH3 is 1. The van der Waals surface area contributed by atoms with Gasteiger partial charge in [-0.05, 0) is 50.6 Å². The summed E-state index contributed by atoms with van der Waals surface area (Å²) in [5.74, 6) is 0.328.